The molecule has 0 aliphatic carbocycles. The van der Waals surface area contributed by atoms with Crippen LogP contribution in [0.5, 0.6) is 5.75 Å². The number of hydrogen-bond acceptors (Lipinski definition) is 4. The van der Waals surface area contributed by atoms with Crippen molar-refractivity contribution in [3.8, 4) is 5.75 Å². The minimum Gasteiger partial charge on any atom is -0.494 e. The van der Waals surface area contributed by atoms with Gasteiger partial charge in [0, 0.05) is 38.3 Å². The van der Waals surface area contributed by atoms with Gasteiger partial charge >= 0.3 is 6.03 Å². The zero-order chi connectivity index (χ0) is 27.0. The van der Waals surface area contributed by atoms with Gasteiger partial charge in [0.05, 0.1) is 19.3 Å². The normalized spacial score (nSPS) is 23.3. The summed E-state index contributed by atoms with van der Waals surface area (Å²) in [5.41, 5.74) is 3.99. The van der Waals surface area contributed by atoms with Crippen LogP contribution < -0.4 is 10.1 Å². The Labute approximate surface area is 235 Å². The highest BCUT2D eigenvalue weighted by atomic mass is 16.5. The van der Waals surface area contributed by atoms with E-state index in [9.17, 15) is 4.79 Å². The Morgan fingerprint density at radius 3 is 2.77 bits per heavy atom. The number of rotatable bonds is 11. The highest BCUT2D eigenvalue weighted by Crippen LogP contribution is 2.42. The number of amides is 2. The van der Waals surface area contributed by atoms with Crippen molar-refractivity contribution in [2.24, 2.45) is 5.92 Å². The van der Waals surface area contributed by atoms with E-state index in [2.05, 4.69) is 65.4 Å². The number of fused-ring (bicyclic) bond motifs is 4. The van der Waals surface area contributed by atoms with Gasteiger partial charge in [-0.2, -0.15) is 0 Å². The Morgan fingerprint density at radius 1 is 1.05 bits per heavy atom. The quantitative estimate of drug-likeness (QED) is 0.334. The molecule has 3 heterocycles. The van der Waals surface area contributed by atoms with Gasteiger partial charge in [-0.05, 0) is 73.3 Å². The molecule has 3 aliphatic rings. The van der Waals surface area contributed by atoms with E-state index in [1.807, 2.05) is 12.1 Å². The van der Waals surface area contributed by atoms with Gasteiger partial charge in [0.2, 0.25) is 0 Å². The van der Waals surface area contributed by atoms with E-state index >= 15 is 0 Å². The molecule has 1 N–H and O–H groups in total. The highest BCUT2D eigenvalue weighted by molar-refractivity contribution is 5.75. The lowest BCUT2D eigenvalue weighted by Crippen LogP contribution is -2.59. The van der Waals surface area contributed by atoms with Crippen LogP contribution in [0.1, 0.15) is 87.6 Å². The maximum atomic E-state index is 13.9. The summed E-state index contributed by atoms with van der Waals surface area (Å²) in [6, 6.07) is 17.6. The number of benzene rings is 2. The molecule has 2 aromatic rings. The number of carbonyl (C=O) groups is 1. The number of unbranched alkanes of at least 4 members (excludes halogenated alkanes) is 2. The van der Waals surface area contributed by atoms with Gasteiger partial charge in [-0.25, -0.2) is 4.79 Å². The van der Waals surface area contributed by atoms with Gasteiger partial charge in [0.1, 0.15) is 5.75 Å². The lowest BCUT2D eigenvalue weighted by Gasteiger charge is -2.52. The number of piperidine rings is 2. The zero-order valence-corrected chi connectivity index (χ0v) is 23.9. The van der Waals surface area contributed by atoms with E-state index in [4.69, 9.17) is 9.47 Å². The number of urea groups is 1. The van der Waals surface area contributed by atoms with E-state index in [1.54, 1.807) is 0 Å². The van der Waals surface area contributed by atoms with E-state index < -0.39 is 0 Å². The molecule has 39 heavy (non-hydrogen) atoms. The summed E-state index contributed by atoms with van der Waals surface area (Å²) in [5, 5.41) is 3.39. The third-order valence-corrected chi connectivity index (χ3v) is 8.89. The molecule has 2 aromatic carbocycles. The van der Waals surface area contributed by atoms with Gasteiger partial charge in [-0.15, -0.1) is 0 Å². The van der Waals surface area contributed by atoms with E-state index in [0.717, 1.165) is 75.9 Å². The molecule has 5 rings (SSSR count). The van der Waals surface area contributed by atoms with Crippen molar-refractivity contribution in [2.75, 3.05) is 39.5 Å². The van der Waals surface area contributed by atoms with Crippen LogP contribution in [0.25, 0.3) is 0 Å². The number of carbonyl (C=O) groups excluding carboxylic acids is 1. The summed E-state index contributed by atoms with van der Waals surface area (Å²) in [5.74, 6) is 1.40. The molecule has 0 aromatic heterocycles. The van der Waals surface area contributed by atoms with E-state index in [0.29, 0.717) is 31.8 Å². The standard InChI is InChI=1S/C33H47N3O3/c1-3-5-19-38-24-30(26-12-9-14-28(21-26)39-20-6-4-2)34-33(37)36-17-10-13-27-23-35-18-16-25-11-7-8-15-29(25)32(35)22-31(27)36/h7-9,11-12,14-15,21,27,30-32H,3-6,10,13,16-20,22-24H2,1-2H3,(H,34,37)/t27-,30-,31+,32+/m0/s1. The fourth-order valence-corrected chi connectivity index (χ4v) is 6.71. The van der Waals surface area contributed by atoms with Crippen LogP contribution >= 0.6 is 0 Å². The third-order valence-electron chi connectivity index (χ3n) is 8.89. The third kappa shape index (κ3) is 6.78. The molecule has 4 atom stereocenters. The average molecular weight is 534 g/mol. The second kappa shape index (κ2) is 13.7. The lowest BCUT2D eigenvalue weighted by atomic mass is 9.77. The Kier molecular flexibility index (Phi) is 9.81. The Bertz CT molecular complexity index is 1080. The second-order valence-corrected chi connectivity index (χ2v) is 11.6. The van der Waals surface area contributed by atoms with Crippen LogP contribution in [0, 0.1) is 5.92 Å². The fourth-order valence-electron chi connectivity index (χ4n) is 6.71. The van der Waals surface area contributed by atoms with E-state index in [1.165, 1.54) is 17.5 Å². The fraction of sp³-hybridized carbons (Fsp3) is 0.606. The van der Waals surface area contributed by atoms with Crippen molar-refractivity contribution >= 4 is 6.03 Å². The van der Waals surface area contributed by atoms with Crippen molar-refractivity contribution < 1.29 is 14.3 Å². The summed E-state index contributed by atoms with van der Waals surface area (Å²) < 4.78 is 12.0. The molecule has 2 saturated heterocycles. The molecule has 0 unspecified atom stereocenters. The van der Waals surface area contributed by atoms with Crippen LogP contribution in [0.2, 0.25) is 0 Å². The van der Waals surface area contributed by atoms with Gasteiger partial charge in [0.15, 0.2) is 0 Å². The Morgan fingerprint density at radius 2 is 1.90 bits per heavy atom. The smallest absolute Gasteiger partial charge is 0.318 e. The summed E-state index contributed by atoms with van der Waals surface area (Å²) in [4.78, 5) is 18.8. The Balaban J connectivity index is 1.30. The molecule has 0 bridgehead atoms. The highest BCUT2D eigenvalue weighted by Gasteiger charge is 2.44. The molecule has 0 spiro atoms. The number of ether oxygens (including phenoxy) is 2. The van der Waals surface area contributed by atoms with Crippen molar-refractivity contribution in [2.45, 2.75) is 83.3 Å². The van der Waals surface area contributed by atoms with Crippen LogP contribution in [0.15, 0.2) is 48.5 Å². The molecule has 2 amide bonds. The lowest BCUT2D eigenvalue weighted by molar-refractivity contribution is 0.00434. The van der Waals surface area contributed by atoms with Crippen LogP contribution in [0.4, 0.5) is 4.79 Å². The monoisotopic (exact) mass is 533 g/mol. The SMILES string of the molecule is CCCCOC[C@H](NC(=O)N1CCC[C@H]2CN3CCc4ccccc4[C@H]3C[C@H]21)c1cccc(OCCCC)c1. The number of hydrogen-bond donors (Lipinski definition) is 1. The molecular weight excluding hydrogens is 486 g/mol. The first-order valence-electron chi connectivity index (χ1n) is 15.4. The zero-order valence-electron chi connectivity index (χ0n) is 23.9. The number of nitrogens with one attached hydrogen (secondary N) is 1. The van der Waals surface area contributed by atoms with E-state index in [-0.39, 0.29) is 18.1 Å². The Hall–Kier alpha value is -2.57. The summed E-state index contributed by atoms with van der Waals surface area (Å²) in [6.07, 6.45) is 8.69. The summed E-state index contributed by atoms with van der Waals surface area (Å²) >= 11 is 0. The molecule has 0 saturated carbocycles. The minimum atomic E-state index is -0.208. The minimum absolute atomic E-state index is 0.0450. The van der Waals surface area contributed by atoms with Crippen LogP contribution in [0.3, 0.4) is 0 Å². The summed E-state index contributed by atoms with van der Waals surface area (Å²) in [6.45, 7) is 9.27. The molecule has 6 nitrogen and oxygen atoms in total. The molecule has 6 heteroatoms. The molecular formula is C33H47N3O3. The topological polar surface area (TPSA) is 54.0 Å². The van der Waals surface area contributed by atoms with Gasteiger partial charge < -0.3 is 19.7 Å². The average Bonchev–Trinajstić information content (AvgIpc) is 2.97. The van der Waals surface area contributed by atoms with Gasteiger partial charge in [0.25, 0.3) is 0 Å². The first-order valence-corrected chi connectivity index (χ1v) is 15.4. The number of likely N-dealkylation sites (tertiary alicyclic amines) is 1. The van der Waals surface area contributed by atoms with Crippen molar-refractivity contribution in [3.05, 3.63) is 65.2 Å². The largest absolute Gasteiger partial charge is 0.494 e. The van der Waals surface area contributed by atoms with Gasteiger partial charge in [-0.1, -0.05) is 63.1 Å². The van der Waals surface area contributed by atoms with Crippen molar-refractivity contribution in [1.82, 2.24) is 15.1 Å². The predicted molar refractivity (Wildman–Crippen MR) is 156 cm³/mol. The van der Waals surface area contributed by atoms with Crippen molar-refractivity contribution in [1.29, 1.82) is 0 Å². The maximum absolute atomic E-state index is 13.9. The van der Waals surface area contributed by atoms with Crippen molar-refractivity contribution in [3.63, 3.8) is 0 Å². The number of nitrogens with zero attached hydrogens (tertiary/aromatic N) is 2. The molecule has 3 aliphatic heterocycles. The maximum Gasteiger partial charge on any atom is 0.318 e. The second-order valence-electron chi connectivity index (χ2n) is 11.6. The molecule has 2 fully saturated rings. The first kappa shape index (κ1) is 28.0. The predicted octanol–water partition coefficient (Wildman–Crippen LogP) is 6.52. The van der Waals surface area contributed by atoms with Gasteiger partial charge in [-0.3, -0.25) is 4.90 Å². The van der Waals surface area contributed by atoms with Crippen LogP contribution in [-0.4, -0.2) is 61.3 Å². The van der Waals surface area contributed by atoms with Crippen LogP contribution in [-0.2, 0) is 11.2 Å². The molecule has 212 valence electrons. The molecule has 0 radical (unpaired) electrons. The summed E-state index contributed by atoms with van der Waals surface area (Å²) in [7, 11) is 0. The first-order chi connectivity index (χ1) is 19.2.